The van der Waals surface area contributed by atoms with Crippen LogP contribution in [-0.2, 0) is 22.6 Å². The first-order valence-corrected chi connectivity index (χ1v) is 7.45. The van der Waals surface area contributed by atoms with Gasteiger partial charge in [0.15, 0.2) is 0 Å². The summed E-state index contributed by atoms with van der Waals surface area (Å²) in [5.74, 6) is -0.137. The maximum absolute atomic E-state index is 12.8. The van der Waals surface area contributed by atoms with Gasteiger partial charge in [-0.25, -0.2) is 0 Å². The lowest BCUT2D eigenvalue weighted by molar-refractivity contribution is -0.144. The zero-order valence-corrected chi connectivity index (χ0v) is 12.2. The van der Waals surface area contributed by atoms with Crippen LogP contribution in [0.5, 0.6) is 0 Å². The van der Waals surface area contributed by atoms with Crippen LogP contribution in [0.4, 0.5) is 0 Å². The Morgan fingerprint density at radius 3 is 2.57 bits per heavy atom. The molecule has 5 heteroatoms. The minimum absolute atomic E-state index is 0.0470. The van der Waals surface area contributed by atoms with E-state index >= 15 is 0 Å². The van der Waals surface area contributed by atoms with Gasteiger partial charge in [-0.1, -0.05) is 31.2 Å². The zero-order valence-electron chi connectivity index (χ0n) is 12.2. The number of fused-ring (bicyclic) bond motifs is 1. The SMILES string of the molecule is C[C@@H]1CNC[C@H]1C(=O)N1Cc2ccccc2C[C@H]1C(N)=O. The van der Waals surface area contributed by atoms with Gasteiger partial charge in [0.25, 0.3) is 0 Å². The lowest BCUT2D eigenvalue weighted by Crippen LogP contribution is -2.53. The third-order valence-electron chi connectivity index (χ3n) is 4.69. The third kappa shape index (κ3) is 2.53. The molecule has 3 atom stereocenters. The van der Waals surface area contributed by atoms with Crippen molar-refractivity contribution < 1.29 is 9.59 Å². The fraction of sp³-hybridized carbons (Fsp3) is 0.500. The molecular weight excluding hydrogens is 266 g/mol. The number of nitrogens with zero attached hydrogens (tertiary/aromatic N) is 1. The summed E-state index contributed by atoms with van der Waals surface area (Å²) in [5.41, 5.74) is 7.76. The Bertz CT molecular complexity index is 572. The van der Waals surface area contributed by atoms with E-state index in [-0.39, 0.29) is 11.8 Å². The molecule has 2 aliphatic rings. The quantitative estimate of drug-likeness (QED) is 0.820. The van der Waals surface area contributed by atoms with Crippen molar-refractivity contribution in [1.82, 2.24) is 10.2 Å². The highest BCUT2D eigenvalue weighted by atomic mass is 16.2. The number of hydrogen-bond acceptors (Lipinski definition) is 3. The maximum Gasteiger partial charge on any atom is 0.240 e. The Labute approximate surface area is 124 Å². The Hall–Kier alpha value is -1.88. The Morgan fingerprint density at radius 1 is 1.24 bits per heavy atom. The molecule has 2 heterocycles. The predicted molar refractivity (Wildman–Crippen MR) is 79.2 cm³/mol. The predicted octanol–water partition coefficient (Wildman–Crippen LogP) is 0.281. The highest BCUT2D eigenvalue weighted by molar-refractivity contribution is 5.88. The van der Waals surface area contributed by atoms with Crippen LogP contribution in [0.2, 0.25) is 0 Å². The first-order valence-electron chi connectivity index (χ1n) is 7.45. The van der Waals surface area contributed by atoms with E-state index in [2.05, 4.69) is 12.2 Å². The van der Waals surface area contributed by atoms with Crippen molar-refractivity contribution in [2.24, 2.45) is 17.6 Å². The van der Waals surface area contributed by atoms with Crippen LogP contribution in [-0.4, -0.2) is 35.8 Å². The lowest BCUT2D eigenvalue weighted by atomic mass is 9.90. The van der Waals surface area contributed by atoms with E-state index in [1.807, 2.05) is 24.3 Å². The lowest BCUT2D eigenvalue weighted by Gasteiger charge is -2.37. The fourth-order valence-corrected chi connectivity index (χ4v) is 3.36. The molecule has 0 spiro atoms. The van der Waals surface area contributed by atoms with E-state index < -0.39 is 11.9 Å². The number of nitrogens with one attached hydrogen (secondary N) is 1. The molecule has 1 fully saturated rings. The van der Waals surface area contributed by atoms with Crippen LogP contribution in [0.1, 0.15) is 18.1 Å². The second-order valence-electron chi connectivity index (χ2n) is 6.10. The molecule has 112 valence electrons. The van der Waals surface area contributed by atoms with E-state index in [4.69, 9.17) is 5.73 Å². The minimum atomic E-state index is -0.528. The van der Waals surface area contributed by atoms with Crippen LogP contribution >= 0.6 is 0 Å². The maximum atomic E-state index is 12.8. The van der Waals surface area contributed by atoms with Crippen LogP contribution in [0.3, 0.4) is 0 Å². The van der Waals surface area contributed by atoms with Crippen LogP contribution < -0.4 is 11.1 Å². The van der Waals surface area contributed by atoms with Gasteiger partial charge in [-0.2, -0.15) is 0 Å². The van der Waals surface area contributed by atoms with Gasteiger partial charge in [0, 0.05) is 19.5 Å². The van der Waals surface area contributed by atoms with Crippen molar-refractivity contribution in [1.29, 1.82) is 0 Å². The molecule has 21 heavy (non-hydrogen) atoms. The molecule has 0 aromatic heterocycles. The Kier molecular flexibility index (Phi) is 3.68. The van der Waals surface area contributed by atoms with Gasteiger partial charge in [-0.05, 0) is 23.6 Å². The van der Waals surface area contributed by atoms with Crippen molar-refractivity contribution in [3.05, 3.63) is 35.4 Å². The standard InChI is InChI=1S/C16H21N3O2/c1-10-7-18-8-13(10)16(21)19-9-12-5-3-2-4-11(12)6-14(19)15(17)20/h2-5,10,13-14,18H,6-9H2,1H3,(H2,17,20)/t10-,13-,14+/m1/s1. The molecular formula is C16H21N3O2. The summed E-state index contributed by atoms with van der Waals surface area (Å²) < 4.78 is 0. The van der Waals surface area contributed by atoms with Crippen LogP contribution in [0, 0.1) is 11.8 Å². The number of rotatable bonds is 2. The number of benzene rings is 1. The van der Waals surface area contributed by atoms with Crippen molar-refractivity contribution in [2.45, 2.75) is 25.9 Å². The number of hydrogen-bond donors (Lipinski definition) is 2. The molecule has 0 radical (unpaired) electrons. The summed E-state index contributed by atoms with van der Waals surface area (Å²) >= 11 is 0. The molecule has 1 aromatic carbocycles. The number of nitrogens with two attached hydrogens (primary N) is 1. The number of amides is 2. The third-order valence-corrected chi connectivity index (χ3v) is 4.69. The minimum Gasteiger partial charge on any atom is -0.368 e. The number of carbonyl (C=O) groups is 2. The van der Waals surface area contributed by atoms with Crippen LogP contribution in [0.25, 0.3) is 0 Å². The van der Waals surface area contributed by atoms with E-state index in [1.165, 1.54) is 0 Å². The van der Waals surface area contributed by atoms with Gasteiger partial charge in [-0.3, -0.25) is 9.59 Å². The summed E-state index contributed by atoms with van der Waals surface area (Å²) in [6.45, 7) is 4.08. The van der Waals surface area contributed by atoms with Crippen LogP contribution in [0.15, 0.2) is 24.3 Å². The summed E-state index contributed by atoms with van der Waals surface area (Å²) in [4.78, 5) is 26.3. The smallest absolute Gasteiger partial charge is 0.240 e. The highest BCUT2D eigenvalue weighted by Gasteiger charge is 2.39. The molecule has 1 saturated heterocycles. The van der Waals surface area contributed by atoms with Gasteiger partial charge >= 0.3 is 0 Å². The van der Waals surface area contributed by atoms with Crippen molar-refractivity contribution in [3.8, 4) is 0 Å². The molecule has 5 nitrogen and oxygen atoms in total. The normalized spacial score (nSPS) is 28.2. The highest BCUT2D eigenvalue weighted by Crippen LogP contribution is 2.27. The molecule has 2 amide bonds. The van der Waals surface area contributed by atoms with Gasteiger partial charge in [-0.15, -0.1) is 0 Å². The Balaban J connectivity index is 1.89. The van der Waals surface area contributed by atoms with Crippen molar-refractivity contribution in [3.63, 3.8) is 0 Å². The molecule has 3 N–H and O–H groups in total. The Morgan fingerprint density at radius 2 is 1.95 bits per heavy atom. The van der Waals surface area contributed by atoms with E-state index in [9.17, 15) is 9.59 Å². The first kappa shape index (κ1) is 14.1. The molecule has 1 aromatic rings. The van der Waals surface area contributed by atoms with E-state index in [0.29, 0.717) is 25.4 Å². The molecule has 2 aliphatic heterocycles. The summed E-state index contributed by atoms with van der Waals surface area (Å²) in [7, 11) is 0. The topological polar surface area (TPSA) is 75.4 Å². The molecule has 0 aliphatic carbocycles. The van der Waals surface area contributed by atoms with E-state index in [1.54, 1.807) is 4.90 Å². The van der Waals surface area contributed by atoms with Crippen molar-refractivity contribution >= 4 is 11.8 Å². The molecule has 3 rings (SSSR count). The van der Waals surface area contributed by atoms with Gasteiger partial charge in [0.05, 0.1) is 5.92 Å². The van der Waals surface area contributed by atoms with Gasteiger partial charge < -0.3 is 16.0 Å². The summed E-state index contributed by atoms with van der Waals surface area (Å²) in [6.07, 6.45) is 0.520. The zero-order chi connectivity index (χ0) is 15.0. The average Bonchev–Trinajstić information content (AvgIpc) is 2.91. The second-order valence-corrected chi connectivity index (χ2v) is 6.10. The summed E-state index contributed by atoms with van der Waals surface area (Å²) in [5, 5.41) is 3.24. The average molecular weight is 287 g/mol. The second kappa shape index (κ2) is 5.48. The monoisotopic (exact) mass is 287 g/mol. The molecule has 0 bridgehead atoms. The van der Waals surface area contributed by atoms with Crippen molar-refractivity contribution in [2.75, 3.05) is 13.1 Å². The van der Waals surface area contributed by atoms with Gasteiger partial charge in [0.1, 0.15) is 6.04 Å². The van der Waals surface area contributed by atoms with E-state index in [0.717, 1.165) is 17.7 Å². The summed E-state index contributed by atoms with van der Waals surface area (Å²) in [6, 6.07) is 7.42. The number of primary amides is 1. The number of carbonyl (C=O) groups excluding carboxylic acids is 2. The largest absolute Gasteiger partial charge is 0.368 e. The van der Waals surface area contributed by atoms with Gasteiger partial charge in [0.2, 0.25) is 11.8 Å². The first-order chi connectivity index (χ1) is 10.1. The molecule has 0 unspecified atom stereocenters. The fourth-order valence-electron chi connectivity index (χ4n) is 3.36. The molecule has 0 saturated carbocycles.